The van der Waals surface area contributed by atoms with Gasteiger partial charge < -0.3 is 9.73 Å². The van der Waals surface area contributed by atoms with Crippen molar-refractivity contribution in [2.24, 2.45) is 5.10 Å². The SMILES string of the molecule is Cc1ccc(S(=O)(=O)N(Cc2ccc(Cl)cc2)Cc2ccc(/C=N/NC(=O)C(=O)N[C@H](C)c3ccccc3)o2)cc1. The number of hydrogen-bond donors (Lipinski definition) is 2. The average Bonchev–Trinajstić information content (AvgIpc) is 3.41. The molecule has 0 fully saturated rings. The molecular formula is C30H29ClN4O5S. The van der Waals surface area contributed by atoms with Crippen molar-refractivity contribution in [1.29, 1.82) is 0 Å². The van der Waals surface area contributed by atoms with Crippen LogP contribution in [0.3, 0.4) is 0 Å². The molecular weight excluding hydrogens is 564 g/mol. The maximum Gasteiger partial charge on any atom is 0.329 e. The van der Waals surface area contributed by atoms with Crippen LogP contribution in [0.2, 0.25) is 5.02 Å². The van der Waals surface area contributed by atoms with Crippen molar-refractivity contribution in [3.8, 4) is 0 Å². The number of halogens is 1. The lowest BCUT2D eigenvalue weighted by molar-refractivity contribution is -0.139. The molecule has 0 saturated heterocycles. The molecule has 1 heterocycles. The summed E-state index contributed by atoms with van der Waals surface area (Å²) in [5.41, 5.74) is 4.72. The molecule has 0 saturated carbocycles. The van der Waals surface area contributed by atoms with Gasteiger partial charge in [-0.25, -0.2) is 13.8 Å². The van der Waals surface area contributed by atoms with Crippen LogP contribution in [0.5, 0.6) is 0 Å². The molecule has 1 aromatic heterocycles. The van der Waals surface area contributed by atoms with Crippen LogP contribution in [0.1, 0.15) is 41.2 Å². The molecule has 4 rings (SSSR count). The van der Waals surface area contributed by atoms with Crippen molar-refractivity contribution in [3.05, 3.63) is 124 Å². The molecule has 0 spiro atoms. The first-order chi connectivity index (χ1) is 19.6. The Morgan fingerprint density at radius 1 is 0.927 bits per heavy atom. The maximum absolute atomic E-state index is 13.6. The second-order valence-electron chi connectivity index (χ2n) is 9.32. The van der Waals surface area contributed by atoms with Crippen LogP contribution < -0.4 is 10.7 Å². The Morgan fingerprint density at radius 2 is 1.61 bits per heavy atom. The lowest BCUT2D eigenvalue weighted by Crippen LogP contribution is -2.39. The van der Waals surface area contributed by atoms with E-state index < -0.39 is 21.8 Å². The second-order valence-corrected chi connectivity index (χ2v) is 11.7. The minimum atomic E-state index is -3.88. The zero-order valence-corrected chi connectivity index (χ0v) is 24.0. The van der Waals surface area contributed by atoms with Gasteiger partial charge in [-0.05, 0) is 61.4 Å². The monoisotopic (exact) mass is 592 g/mol. The van der Waals surface area contributed by atoms with E-state index in [-0.39, 0.29) is 29.8 Å². The highest BCUT2D eigenvalue weighted by Gasteiger charge is 2.26. The van der Waals surface area contributed by atoms with Gasteiger partial charge in [0.1, 0.15) is 11.5 Å². The van der Waals surface area contributed by atoms with Crippen LogP contribution in [-0.4, -0.2) is 30.8 Å². The number of carbonyl (C=O) groups is 2. The van der Waals surface area contributed by atoms with Gasteiger partial charge in [-0.1, -0.05) is 71.8 Å². The zero-order chi connectivity index (χ0) is 29.4. The summed E-state index contributed by atoms with van der Waals surface area (Å²) in [5, 5.41) is 6.95. The highest BCUT2D eigenvalue weighted by atomic mass is 35.5. The molecule has 41 heavy (non-hydrogen) atoms. The summed E-state index contributed by atoms with van der Waals surface area (Å²) in [6.45, 7) is 3.68. The lowest BCUT2D eigenvalue weighted by Gasteiger charge is -2.21. The number of carbonyl (C=O) groups excluding carboxylic acids is 2. The molecule has 0 aliphatic heterocycles. The summed E-state index contributed by atoms with van der Waals surface area (Å²) in [5.74, 6) is -1.15. The first-order valence-corrected chi connectivity index (χ1v) is 14.5. The number of sulfonamides is 1. The van der Waals surface area contributed by atoms with Crippen molar-refractivity contribution in [3.63, 3.8) is 0 Å². The molecule has 212 valence electrons. The predicted molar refractivity (Wildman–Crippen MR) is 157 cm³/mol. The highest BCUT2D eigenvalue weighted by molar-refractivity contribution is 7.89. The Balaban J connectivity index is 1.42. The largest absolute Gasteiger partial charge is 0.459 e. The minimum absolute atomic E-state index is 0.0567. The zero-order valence-electron chi connectivity index (χ0n) is 22.5. The topological polar surface area (TPSA) is 121 Å². The molecule has 0 bridgehead atoms. The van der Waals surface area contributed by atoms with Gasteiger partial charge in [-0.15, -0.1) is 0 Å². The van der Waals surface area contributed by atoms with Crippen LogP contribution in [0.15, 0.2) is 105 Å². The van der Waals surface area contributed by atoms with Gasteiger partial charge in [0, 0.05) is 11.6 Å². The lowest BCUT2D eigenvalue weighted by atomic mass is 10.1. The number of nitrogens with one attached hydrogen (secondary N) is 2. The molecule has 2 N–H and O–H groups in total. The van der Waals surface area contributed by atoms with Crippen molar-refractivity contribution in [1.82, 2.24) is 15.0 Å². The van der Waals surface area contributed by atoms with Crippen LogP contribution in [0.4, 0.5) is 0 Å². The molecule has 11 heteroatoms. The number of furan rings is 1. The number of rotatable bonds is 10. The fourth-order valence-corrected chi connectivity index (χ4v) is 5.41. The number of amides is 2. The summed E-state index contributed by atoms with van der Waals surface area (Å²) in [7, 11) is -3.88. The van der Waals surface area contributed by atoms with Crippen molar-refractivity contribution < 1.29 is 22.4 Å². The Kier molecular flexibility index (Phi) is 9.72. The number of aryl methyl sites for hydroxylation is 1. The van der Waals surface area contributed by atoms with E-state index >= 15 is 0 Å². The Labute approximate surface area is 243 Å². The fraction of sp³-hybridized carbons (Fsp3) is 0.167. The van der Waals surface area contributed by atoms with Gasteiger partial charge in [0.25, 0.3) is 0 Å². The van der Waals surface area contributed by atoms with Crippen LogP contribution in [-0.2, 0) is 32.7 Å². The highest BCUT2D eigenvalue weighted by Crippen LogP contribution is 2.23. The Bertz CT molecular complexity index is 1620. The molecule has 3 aromatic carbocycles. The molecule has 0 aliphatic carbocycles. The average molecular weight is 593 g/mol. The number of hydrogen-bond acceptors (Lipinski definition) is 6. The third kappa shape index (κ3) is 8.14. The van der Waals surface area contributed by atoms with E-state index in [4.69, 9.17) is 16.0 Å². The van der Waals surface area contributed by atoms with Crippen LogP contribution in [0.25, 0.3) is 0 Å². The van der Waals surface area contributed by atoms with Gasteiger partial charge in [-0.2, -0.15) is 9.41 Å². The standard InChI is InChI=1S/C30H29ClN4O5S/c1-21-8-16-28(17-9-21)41(38,39)35(19-23-10-12-25(31)13-11-23)20-27-15-14-26(40-27)18-32-34-30(37)29(36)33-22(2)24-6-4-3-5-7-24/h3-18,22H,19-20H2,1-2H3,(H,33,36)(H,34,37)/b32-18+/t22-/m1/s1. The minimum Gasteiger partial charge on any atom is -0.459 e. The van der Waals surface area contributed by atoms with Gasteiger partial charge in [0.15, 0.2) is 0 Å². The molecule has 9 nitrogen and oxygen atoms in total. The molecule has 1 atom stereocenters. The van der Waals surface area contributed by atoms with Crippen molar-refractivity contribution >= 4 is 39.7 Å². The Morgan fingerprint density at radius 3 is 2.29 bits per heavy atom. The molecule has 2 amide bonds. The number of nitrogens with zero attached hydrogens (tertiary/aromatic N) is 2. The fourth-order valence-electron chi connectivity index (χ4n) is 3.89. The molecule has 0 unspecified atom stereocenters. The van der Waals surface area contributed by atoms with E-state index in [0.717, 1.165) is 16.7 Å². The quantitative estimate of drug-likeness (QED) is 0.153. The van der Waals surface area contributed by atoms with E-state index in [1.807, 2.05) is 37.3 Å². The molecule has 4 aromatic rings. The van der Waals surface area contributed by atoms with E-state index in [1.165, 1.54) is 10.5 Å². The van der Waals surface area contributed by atoms with E-state index in [1.54, 1.807) is 67.6 Å². The first kappa shape index (κ1) is 29.7. The third-order valence-electron chi connectivity index (χ3n) is 6.16. The van der Waals surface area contributed by atoms with Gasteiger partial charge in [0.05, 0.1) is 23.7 Å². The summed E-state index contributed by atoms with van der Waals surface area (Å²) < 4.78 is 34.2. The van der Waals surface area contributed by atoms with Gasteiger partial charge in [-0.3, -0.25) is 9.59 Å². The normalized spacial score (nSPS) is 12.4. The number of benzene rings is 3. The van der Waals surface area contributed by atoms with Crippen LogP contribution >= 0.6 is 11.6 Å². The molecule has 0 radical (unpaired) electrons. The second kappa shape index (κ2) is 13.4. The smallest absolute Gasteiger partial charge is 0.329 e. The summed E-state index contributed by atoms with van der Waals surface area (Å²) in [6.07, 6.45) is 1.23. The summed E-state index contributed by atoms with van der Waals surface area (Å²) in [6, 6.07) is 25.6. The summed E-state index contributed by atoms with van der Waals surface area (Å²) in [4.78, 5) is 24.5. The van der Waals surface area contributed by atoms with Crippen molar-refractivity contribution in [2.75, 3.05) is 0 Å². The summed E-state index contributed by atoms with van der Waals surface area (Å²) >= 11 is 6.00. The van der Waals surface area contributed by atoms with Gasteiger partial charge in [0.2, 0.25) is 10.0 Å². The van der Waals surface area contributed by atoms with E-state index in [2.05, 4.69) is 15.8 Å². The molecule has 0 aliphatic rings. The van der Waals surface area contributed by atoms with E-state index in [0.29, 0.717) is 10.8 Å². The van der Waals surface area contributed by atoms with Crippen LogP contribution in [0, 0.1) is 6.92 Å². The first-order valence-electron chi connectivity index (χ1n) is 12.7. The predicted octanol–water partition coefficient (Wildman–Crippen LogP) is 4.96. The number of hydrazone groups is 1. The maximum atomic E-state index is 13.6. The van der Waals surface area contributed by atoms with E-state index in [9.17, 15) is 18.0 Å². The third-order valence-corrected chi connectivity index (χ3v) is 8.21. The van der Waals surface area contributed by atoms with Crippen molar-refractivity contribution in [2.45, 2.75) is 37.9 Å². The Hall–Kier alpha value is -4.25. The van der Waals surface area contributed by atoms with Gasteiger partial charge >= 0.3 is 11.8 Å².